The lowest BCUT2D eigenvalue weighted by molar-refractivity contribution is -0.117. The van der Waals surface area contributed by atoms with Crippen molar-refractivity contribution in [2.24, 2.45) is 5.73 Å². The molecule has 0 spiro atoms. The van der Waals surface area contributed by atoms with Crippen LogP contribution in [0.4, 0.5) is 5.69 Å². The number of benzene rings is 1. The van der Waals surface area contributed by atoms with Crippen LogP contribution >= 0.6 is 12.4 Å². The number of hydrogen-bond acceptors (Lipinski definition) is 5. The summed E-state index contributed by atoms with van der Waals surface area (Å²) in [6.07, 6.45) is 0.274. The molecule has 0 saturated heterocycles. The zero-order valence-corrected chi connectivity index (χ0v) is 14.9. The average Bonchev–Trinajstić information content (AvgIpc) is 2.45. The van der Waals surface area contributed by atoms with Gasteiger partial charge < -0.3 is 15.8 Å². The number of amides is 1. The summed E-state index contributed by atoms with van der Waals surface area (Å²) < 4.78 is 31.6. The van der Waals surface area contributed by atoms with E-state index < -0.39 is 10.0 Å². The second-order valence-corrected chi connectivity index (χ2v) is 6.70. The summed E-state index contributed by atoms with van der Waals surface area (Å²) in [5.41, 5.74) is 5.70. The van der Waals surface area contributed by atoms with Gasteiger partial charge in [0.2, 0.25) is 15.9 Å². The molecule has 0 heterocycles. The van der Waals surface area contributed by atoms with E-state index in [-0.39, 0.29) is 48.8 Å². The zero-order valence-electron chi connectivity index (χ0n) is 13.2. The van der Waals surface area contributed by atoms with Crippen molar-refractivity contribution in [1.29, 1.82) is 0 Å². The highest BCUT2D eigenvalue weighted by Gasteiger charge is 2.14. The molecule has 0 radical (unpaired) electrons. The molecule has 0 aromatic heterocycles. The Labute approximate surface area is 143 Å². The monoisotopic (exact) mass is 365 g/mol. The minimum atomic E-state index is -3.61. The number of nitrogens with one attached hydrogen (secondary N) is 2. The SMILES string of the molecule is CC(C)OCCC(=O)Nc1cccc(S(=O)(=O)NCCN)c1.Cl. The fourth-order valence-electron chi connectivity index (χ4n) is 1.63. The van der Waals surface area contributed by atoms with Gasteiger partial charge in [-0.25, -0.2) is 13.1 Å². The Morgan fingerprint density at radius 3 is 2.65 bits per heavy atom. The van der Waals surface area contributed by atoms with Gasteiger partial charge in [0.15, 0.2) is 0 Å². The molecule has 1 rings (SSSR count). The first-order valence-electron chi connectivity index (χ1n) is 7.06. The van der Waals surface area contributed by atoms with Crippen LogP contribution < -0.4 is 15.8 Å². The van der Waals surface area contributed by atoms with E-state index in [9.17, 15) is 13.2 Å². The van der Waals surface area contributed by atoms with Crippen LogP contribution in [-0.2, 0) is 19.6 Å². The van der Waals surface area contributed by atoms with Gasteiger partial charge in [0.1, 0.15) is 0 Å². The van der Waals surface area contributed by atoms with E-state index in [1.54, 1.807) is 12.1 Å². The third-order valence-electron chi connectivity index (χ3n) is 2.64. The van der Waals surface area contributed by atoms with Crippen molar-refractivity contribution in [3.05, 3.63) is 24.3 Å². The van der Waals surface area contributed by atoms with Crippen molar-refractivity contribution in [3.63, 3.8) is 0 Å². The van der Waals surface area contributed by atoms with E-state index in [4.69, 9.17) is 10.5 Å². The minimum Gasteiger partial charge on any atom is -0.378 e. The van der Waals surface area contributed by atoms with Crippen LogP contribution in [0.2, 0.25) is 0 Å². The molecular weight excluding hydrogens is 342 g/mol. The summed E-state index contributed by atoms with van der Waals surface area (Å²) in [7, 11) is -3.61. The van der Waals surface area contributed by atoms with Gasteiger partial charge in [-0.1, -0.05) is 6.07 Å². The topological polar surface area (TPSA) is 111 Å². The maximum Gasteiger partial charge on any atom is 0.240 e. The second kappa shape index (κ2) is 10.6. The molecule has 0 aliphatic rings. The lowest BCUT2D eigenvalue weighted by atomic mass is 10.3. The Bertz CT molecular complexity index is 593. The molecule has 0 aliphatic heterocycles. The number of carbonyl (C=O) groups excluding carboxylic acids is 1. The molecule has 7 nitrogen and oxygen atoms in total. The molecule has 132 valence electrons. The summed E-state index contributed by atoms with van der Waals surface area (Å²) in [4.78, 5) is 11.8. The molecule has 9 heteroatoms. The van der Waals surface area contributed by atoms with Gasteiger partial charge in [-0.05, 0) is 32.0 Å². The summed E-state index contributed by atoms with van der Waals surface area (Å²) in [5, 5.41) is 2.65. The van der Waals surface area contributed by atoms with Crippen molar-refractivity contribution in [2.75, 3.05) is 25.0 Å². The van der Waals surface area contributed by atoms with E-state index >= 15 is 0 Å². The Morgan fingerprint density at radius 2 is 2.04 bits per heavy atom. The summed E-state index contributed by atoms with van der Waals surface area (Å²) in [6, 6.07) is 6.05. The largest absolute Gasteiger partial charge is 0.378 e. The van der Waals surface area contributed by atoms with Crippen molar-refractivity contribution in [1.82, 2.24) is 4.72 Å². The normalized spacial score (nSPS) is 11.1. The first-order valence-corrected chi connectivity index (χ1v) is 8.54. The van der Waals surface area contributed by atoms with Crippen molar-refractivity contribution >= 4 is 34.0 Å². The van der Waals surface area contributed by atoms with Crippen LogP contribution in [-0.4, -0.2) is 40.1 Å². The Hall–Kier alpha value is -1.19. The smallest absolute Gasteiger partial charge is 0.240 e. The predicted octanol–water partition coefficient (Wildman–Crippen LogP) is 1.10. The second-order valence-electron chi connectivity index (χ2n) is 4.93. The quantitative estimate of drug-likeness (QED) is 0.606. The number of sulfonamides is 1. The highest BCUT2D eigenvalue weighted by Crippen LogP contribution is 2.15. The van der Waals surface area contributed by atoms with E-state index in [0.29, 0.717) is 12.3 Å². The van der Waals surface area contributed by atoms with Crippen LogP contribution in [0.3, 0.4) is 0 Å². The molecule has 0 unspecified atom stereocenters. The Balaban J connectivity index is 0.00000484. The van der Waals surface area contributed by atoms with Crippen LogP contribution in [0, 0.1) is 0 Å². The number of hydrogen-bond donors (Lipinski definition) is 3. The predicted molar refractivity (Wildman–Crippen MR) is 92.3 cm³/mol. The number of nitrogens with two attached hydrogens (primary N) is 1. The van der Waals surface area contributed by atoms with E-state index in [0.717, 1.165) is 0 Å². The zero-order chi connectivity index (χ0) is 16.6. The molecule has 4 N–H and O–H groups in total. The van der Waals surface area contributed by atoms with Crippen LogP contribution in [0.5, 0.6) is 0 Å². The lowest BCUT2D eigenvalue weighted by Crippen LogP contribution is -2.29. The van der Waals surface area contributed by atoms with Crippen molar-refractivity contribution in [3.8, 4) is 0 Å². The van der Waals surface area contributed by atoms with Crippen molar-refractivity contribution < 1.29 is 17.9 Å². The maximum atomic E-state index is 12.0. The number of ether oxygens (including phenoxy) is 1. The Kier molecular flexibility index (Phi) is 10.0. The fraction of sp³-hybridized carbons (Fsp3) is 0.500. The molecule has 0 bridgehead atoms. The Morgan fingerprint density at radius 1 is 1.35 bits per heavy atom. The van der Waals surface area contributed by atoms with Gasteiger partial charge in [-0.2, -0.15) is 0 Å². The molecular formula is C14H24ClN3O4S. The van der Waals surface area contributed by atoms with Crippen LogP contribution in [0.15, 0.2) is 29.2 Å². The maximum absolute atomic E-state index is 12.0. The third kappa shape index (κ3) is 8.29. The number of halogens is 1. The number of anilines is 1. The number of carbonyl (C=O) groups is 1. The molecule has 0 aliphatic carbocycles. The van der Waals surface area contributed by atoms with E-state index in [2.05, 4.69) is 10.0 Å². The molecule has 1 aromatic rings. The third-order valence-corrected chi connectivity index (χ3v) is 4.10. The summed E-state index contributed by atoms with van der Waals surface area (Å²) in [6.45, 7) is 4.47. The van der Waals surface area contributed by atoms with Gasteiger partial charge in [0.25, 0.3) is 0 Å². The summed E-state index contributed by atoms with van der Waals surface area (Å²) >= 11 is 0. The minimum absolute atomic E-state index is 0. The summed E-state index contributed by atoms with van der Waals surface area (Å²) in [5.74, 6) is -0.231. The fourth-order valence-corrected chi connectivity index (χ4v) is 2.72. The molecule has 23 heavy (non-hydrogen) atoms. The highest BCUT2D eigenvalue weighted by molar-refractivity contribution is 7.89. The molecule has 1 amide bonds. The van der Waals surface area contributed by atoms with E-state index in [1.807, 2.05) is 13.8 Å². The lowest BCUT2D eigenvalue weighted by Gasteiger charge is -2.10. The van der Waals surface area contributed by atoms with Crippen LogP contribution in [0.1, 0.15) is 20.3 Å². The molecule has 1 aromatic carbocycles. The van der Waals surface area contributed by atoms with Gasteiger partial charge in [-0.3, -0.25) is 4.79 Å². The number of rotatable bonds is 9. The molecule has 0 saturated carbocycles. The van der Waals surface area contributed by atoms with Gasteiger partial charge in [0.05, 0.1) is 24.0 Å². The average molecular weight is 366 g/mol. The van der Waals surface area contributed by atoms with E-state index in [1.165, 1.54) is 12.1 Å². The van der Waals surface area contributed by atoms with Crippen LogP contribution in [0.25, 0.3) is 0 Å². The highest BCUT2D eigenvalue weighted by atomic mass is 35.5. The van der Waals surface area contributed by atoms with Gasteiger partial charge in [0, 0.05) is 18.8 Å². The first kappa shape index (κ1) is 21.8. The molecule has 0 atom stereocenters. The standard InChI is InChI=1S/C14H23N3O4S.ClH/c1-11(2)21-9-6-14(18)17-12-4-3-5-13(10-12)22(19,20)16-8-7-15;/h3-5,10-11,16H,6-9,15H2,1-2H3,(H,17,18);1H. The molecule has 0 fully saturated rings. The van der Waals surface area contributed by atoms with Gasteiger partial charge in [-0.15, -0.1) is 12.4 Å². The van der Waals surface area contributed by atoms with Gasteiger partial charge >= 0.3 is 0 Å². The van der Waals surface area contributed by atoms with Crippen molar-refractivity contribution in [2.45, 2.75) is 31.3 Å². The first-order chi connectivity index (χ1) is 10.3.